The Morgan fingerprint density at radius 2 is 2.12 bits per heavy atom. The quantitative estimate of drug-likeness (QED) is 0.586. The van der Waals surface area contributed by atoms with Crippen LogP contribution in [-0.4, -0.2) is 15.6 Å². The van der Waals surface area contributed by atoms with E-state index in [0.717, 1.165) is 0 Å². The van der Waals surface area contributed by atoms with Gasteiger partial charge >= 0.3 is 0 Å². The molecule has 1 rings (SSSR count). The summed E-state index contributed by atoms with van der Waals surface area (Å²) in [7, 11) is 0. The van der Waals surface area contributed by atoms with Gasteiger partial charge in [0.05, 0.1) is 17.3 Å². The molecule has 0 atom stereocenters. The van der Waals surface area contributed by atoms with E-state index in [0.29, 0.717) is 17.2 Å². The first kappa shape index (κ1) is 12.3. The minimum Gasteiger partial charge on any atom is -0.383 e. The second-order valence-corrected chi connectivity index (χ2v) is 4.52. The predicted octanol–water partition coefficient (Wildman–Crippen LogP) is 1.46. The number of anilines is 1. The highest BCUT2D eigenvalue weighted by atomic mass is 15.3. The third-order valence-electron chi connectivity index (χ3n) is 2.08. The molecule has 16 heavy (non-hydrogen) atoms. The van der Waals surface area contributed by atoms with E-state index in [2.05, 4.69) is 10.1 Å². The SMILES string of the molecule is C/C=C\N=C(N)c1cnn(C(C)(C)C)c1N. The van der Waals surface area contributed by atoms with Crippen LogP contribution in [0.3, 0.4) is 0 Å². The normalized spacial score (nSPS) is 13.6. The minimum atomic E-state index is -0.163. The lowest BCUT2D eigenvalue weighted by molar-refractivity contribution is 0.361. The van der Waals surface area contributed by atoms with Crippen LogP contribution in [-0.2, 0) is 5.54 Å². The fraction of sp³-hybridized carbons (Fsp3) is 0.455. The van der Waals surface area contributed by atoms with E-state index in [9.17, 15) is 0 Å². The summed E-state index contributed by atoms with van der Waals surface area (Å²) in [5.74, 6) is 0.921. The molecule has 5 nitrogen and oxygen atoms in total. The van der Waals surface area contributed by atoms with Crippen LogP contribution in [0.5, 0.6) is 0 Å². The lowest BCUT2D eigenvalue weighted by atomic mass is 10.1. The first-order valence-corrected chi connectivity index (χ1v) is 5.16. The standard InChI is InChI=1S/C11H19N5/c1-5-6-14-9(12)8-7-15-16(10(8)13)11(2,3)4/h5-7H,13H2,1-4H3,(H2,12,14)/b6-5-. The maximum absolute atomic E-state index is 5.98. The van der Waals surface area contributed by atoms with Crippen molar-refractivity contribution in [3.8, 4) is 0 Å². The molecule has 0 unspecified atom stereocenters. The third-order valence-corrected chi connectivity index (χ3v) is 2.08. The van der Waals surface area contributed by atoms with Crippen LogP contribution in [0.15, 0.2) is 23.5 Å². The summed E-state index contributed by atoms with van der Waals surface area (Å²) >= 11 is 0. The molecular weight excluding hydrogens is 202 g/mol. The van der Waals surface area contributed by atoms with Crippen molar-refractivity contribution in [2.75, 3.05) is 5.73 Å². The zero-order valence-corrected chi connectivity index (χ0v) is 10.2. The van der Waals surface area contributed by atoms with Crippen LogP contribution in [0, 0.1) is 0 Å². The lowest BCUT2D eigenvalue weighted by Crippen LogP contribution is -2.25. The summed E-state index contributed by atoms with van der Waals surface area (Å²) < 4.78 is 1.74. The molecule has 0 aromatic carbocycles. The average molecular weight is 221 g/mol. The Hall–Kier alpha value is -1.78. The van der Waals surface area contributed by atoms with Crippen molar-refractivity contribution in [2.45, 2.75) is 33.2 Å². The monoisotopic (exact) mass is 221 g/mol. The van der Waals surface area contributed by atoms with E-state index in [4.69, 9.17) is 11.5 Å². The first-order valence-electron chi connectivity index (χ1n) is 5.16. The fourth-order valence-corrected chi connectivity index (χ4v) is 1.31. The van der Waals surface area contributed by atoms with E-state index in [1.54, 1.807) is 23.2 Å². The van der Waals surface area contributed by atoms with Crippen LogP contribution >= 0.6 is 0 Å². The van der Waals surface area contributed by atoms with Gasteiger partial charge in [-0.25, -0.2) is 9.67 Å². The molecule has 1 aromatic heterocycles. The van der Waals surface area contributed by atoms with Crippen LogP contribution in [0.1, 0.15) is 33.3 Å². The Labute approximate surface area is 95.8 Å². The molecule has 1 aromatic rings. The molecule has 4 N–H and O–H groups in total. The molecule has 0 aliphatic rings. The zero-order chi connectivity index (χ0) is 12.3. The second kappa shape index (κ2) is 4.38. The molecule has 5 heteroatoms. The van der Waals surface area contributed by atoms with Crippen molar-refractivity contribution >= 4 is 11.7 Å². The van der Waals surface area contributed by atoms with Gasteiger partial charge in [0.25, 0.3) is 0 Å². The molecule has 0 saturated heterocycles. The molecule has 0 aliphatic carbocycles. The zero-order valence-electron chi connectivity index (χ0n) is 10.2. The maximum Gasteiger partial charge on any atom is 0.135 e. The van der Waals surface area contributed by atoms with Gasteiger partial charge in [-0.3, -0.25) is 0 Å². The van der Waals surface area contributed by atoms with Gasteiger partial charge in [-0.05, 0) is 27.7 Å². The number of amidine groups is 1. The number of aliphatic imine (C=N–C) groups is 1. The van der Waals surface area contributed by atoms with Gasteiger partial charge in [0.1, 0.15) is 11.7 Å². The van der Waals surface area contributed by atoms with E-state index >= 15 is 0 Å². The Balaban J connectivity index is 3.15. The summed E-state index contributed by atoms with van der Waals surface area (Å²) in [6.45, 7) is 7.96. The van der Waals surface area contributed by atoms with Gasteiger partial charge in [-0.1, -0.05) is 6.08 Å². The molecular formula is C11H19N5. The van der Waals surface area contributed by atoms with Gasteiger partial charge in [0.15, 0.2) is 0 Å². The summed E-state index contributed by atoms with van der Waals surface area (Å²) in [6.07, 6.45) is 5.07. The highest BCUT2D eigenvalue weighted by molar-refractivity contribution is 6.01. The van der Waals surface area contributed by atoms with Crippen LogP contribution < -0.4 is 11.5 Å². The fourth-order valence-electron chi connectivity index (χ4n) is 1.31. The predicted molar refractivity (Wildman–Crippen MR) is 67.2 cm³/mol. The van der Waals surface area contributed by atoms with Crippen molar-refractivity contribution in [2.24, 2.45) is 10.7 Å². The molecule has 88 valence electrons. The number of allylic oxidation sites excluding steroid dienone is 1. The summed E-state index contributed by atoms with van der Waals surface area (Å²) in [5.41, 5.74) is 12.3. The van der Waals surface area contributed by atoms with Gasteiger partial charge in [-0.15, -0.1) is 0 Å². The van der Waals surface area contributed by atoms with Gasteiger partial charge in [-0.2, -0.15) is 5.10 Å². The van der Waals surface area contributed by atoms with Crippen LogP contribution in [0.2, 0.25) is 0 Å². The third kappa shape index (κ3) is 2.42. The molecule has 0 amide bonds. The maximum atomic E-state index is 5.98. The number of nitrogens with two attached hydrogens (primary N) is 2. The number of hydrogen-bond donors (Lipinski definition) is 2. The van der Waals surface area contributed by atoms with Gasteiger partial charge in [0.2, 0.25) is 0 Å². The molecule has 0 saturated carbocycles. The van der Waals surface area contributed by atoms with Crippen molar-refractivity contribution in [3.05, 3.63) is 24.0 Å². The highest BCUT2D eigenvalue weighted by Crippen LogP contribution is 2.20. The average Bonchev–Trinajstić information content (AvgIpc) is 2.56. The van der Waals surface area contributed by atoms with E-state index in [-0.39, 0.29) is 5.54 Å². The first-order chi connectivity index (χ1) is 7.38. The van der Waals surface area contributed by atoms with E-state index in [1.807, 2.05) is 27.7 Å². The Morgan fingerprint density at radius 3 is 2.56 bits per heavy atom. The van der Waals surface area contributed by atoms with Crippen LogP contribution in [0.25, 0.3) is 0 Å². The Bertz CT molecular complexity index is 420. The molecule has 0 fully saturated rings. The Morgan fingerprint density at radius 1 is 1.50 bits per heavy atom. The minimum absolute atomic E-state index is 0.163. The number of nitrogens with zero attached hydrogens (tertiary/aromatic N) is 3. The van der Waals surface area contributed by atoms with Crippen LogP contribution in [0.4, 0.5) is 5.82 Å². The number of nitrogen functional groups attached to an aromatic ring is 1. The van der Waals surface area contributed by atoms with Crippen molar-refractivity contribution in [1.82, 2.24) is 9.78 Å². The second-order valence-electron chi connectivity index (χ2n) is 4.52. The van der Waals surface area contributed by atoms with Gasteiger partial charge in [0, 0.05) is 6.20 Å². The van der Waals surface area contributed by atoms with Gasteiger partial charge < -0.3 is 11.5 Å². The summed E-state index contributed by atoms with van der Waals surface area (Å²) in [6, 6.07) is 0. The molecule has 0 aliphatic heterocycles. The Kier molecular flexibility index (Phi) is 3.37. The van der Waals surface area contributed by atoms with Crippen molar-refractivity contribution in [1.29, 1.82) is 0 Å². The van der Waals surface area contributed by atoms with E-state index < -0.39 is 0 Å². The summed E-state index contributed by atoms with van der Waals surface area (Å²) in [5, 5.41) is 4.22. The lowest BCUT2D eigenvalue weighted by Gasteiger charge is -2.20. The largest absolute Gasteiger partial charge is 0.383 e. The van der Waals surface area contributed by atoms with E-state index in [1.165, 1.54) is 0 Å². The molecule has 1 heterocycles. The topological polar surface area (TPSA) is 82.2 Å². The number of aromatic nitrogens is 2. The van der Waals surface area contributed by atoms with Crippen molar-refractivity contribution < 1.29 is 0 Å². The molecule has 0 spiro atoms. The molecule has 0 bridgehead atoms. The highest BCUT2D eigenvalue weighted by Gasteiger charge is 2.20. The smallest absolute Gasteiger partial charge is 0.135 e. The van der Waals surface area contributed by atoms with Crippen molar-refractivity contribution in [3.63, 3.8) is 0 Å². The number of rotatable bonds is 2. The molecule has 0 radical (unpaired) electrons. The summed E-state index contributed by atoms with van der Waals surface area (Å²) in [4.78, 5) is 4.05. The number of hydrogen-bond acceptors (Lipinski definition) is 3.